The van der Waals surface area contributed by atoms with Crippen molar-refractivity contribution >= 4 is 39.0 Å². The van der Waals surface area contributed by atoms with Gasteiger partial charge >= 0.3 is 0 Å². The van der Waals surface area contributed by atoms with Crippen molar-refractivity contribution in [2.75, 3.05) is 14.2 Å². The third kappa shape index (κ3) is 3.44. The first-order valence-corrected chi connectivity index (χ1v) is 9.47. The van der Waals surface area contributed by atoms with E-state index in [1.807, 2.05) is 32.2 Å². The van der Waals surface area contributed by atoms with E-state index in [2.05, 4.69) is 21.2 Å². The van der Waals surface area contributed by atoms with Crippen molar-refractivity contribution in [3.05, 3.63) is 69.3 Å². The van der Waals surface area contributed by atoms with Crippen LogP contribution in [0.3, 0.4) is 0 Å². The van der Waals surface area contributed by atoms with Gasteiger partial charge in [-0.2, -0.15) is 0 Å². The summed E-state index contributed by atoms with van der Waals surface area (Å²) >= 11 is 8.86. The summed E-state index contributed by atoms with van der Waals surface area (Å²) in [5.74, 6) is 0.228. The number of phenolic OH excluding ortho intramolecular Hbond substituents is 1. The number of thiocarbonyl (C=S) groups is 1. The molecule has 0 bridgehead atoms. The topological polar surface area (TPSA) is 61.8 Å². The van der Waals surface area contributed by atoms with Gasteiger partial charge in [0.25, 0.3) is 0 Å². The van der Waals surface area contributed by atoms with Gasteiger partial charge in [-0.05, 0) is 46.7 Å². The molecule has 0 saturated carbocycles. The zero-order valence-electron chi connectivity index (χ0n) is 15.1. The average Bonchev–Trinajstić information content (AvgIpc) is 2.68. The monoisotopic (exact) mass is 446 g/mol. The fraction of sp³-hybridized carbons (Fsp3) is 0.200. The van der Waals surface area contributed by atoms with Gasteiger partial charge in [-0.1, -0.05) is 36.4 Å². The largest absolute Gasteiger partial charge is 0.503 e. The second-order valence-electron chi connectivity index (χ2n) is 6.16. The molecule has 0 spiro atoms. The first-order chi connectivity index (χ1) is 12.9. The highest BCUT2D eigenvalue weighted by Gasteiger charge is 2.34. The van der Waals surface area contributed by atoms with E-state index >= 15 is 0 Å². The molecule has 1 aliphatic rings. The van der Waals surface area contributed by atoms with Crippen molar-refractivity contribution in [2.24, 2.45) is 0 Å². The number of nitrogens with one attached hydrogen (secondary N) is 1. The molecule has 27 heavy (non-hydrogen) atoms. The number of ether oxygens (including phenoxy) is 1. The molecule has 2 N–H and O–H groups in total. The van der Waals surface area contributed by atoms with Crippen LogP contribution in [0.2, 0.25) is 0 Å². The fourth-order valence-electron chi connectivity index (χ4n) is 3.06. The number of Topliss-reactive ketones (excluding diaryl/α,β-unsaturated/α-hetero) is 1. The lowest BCUT2D eigenvalue weighted by Gasteiger charge is -2.36. The van der Waals surface area contributed by atoms with E-state index in [1.165, 1.54) is 7.11 Å². The highest BCUT2D eigenvalue weighted by Crippen LogP contribution is 2.42. The summed E-state index contributed by atoms with van der Waals surface area (Å²) in [6, 6.07) is 12.1. The molecular weight excluding hydrogens is 428 g/mol. The fourth-order valence-corrected chi connectivity index (χ4v) is 3.87. The number of carbonyl (C=O) groups is 1. The molecule has 0 amide bonds. The predicted octanol–water partition coefficient (Wildman–Crippen LogP) is 4.18. The third-order valence-corrected chi connectivity index (χ3v) is 5.90. The molecule has 1 atom stereocenters. The number of nitrogens with zero attached hydrogens (tertiary/aromatic N) is 1. The average molecular weight is 447 g/mol. The lowest BCUT2D eigenvalue weighted by atomic mass is 9.89. The van der Waals surface area contributed by atoms with Gasteiger partial charge < -0.3 is 20.1 Å². The number of methoxy groups -OCH3 is 1. The van der Waals surface area contributed by atoms with Crippen LogP contribution in [-0.2, 0) is 0 Å². The Morgan fingerprint density at radius 3 is 2.56 bits per heavy atom. The molecule has 1 heterocycles. The van der Waals surface area contributed by atoms with Crippen LogP contribution in [0.4, 0.5) is 0 Å². The molecule has 2 aromatic carbocycles. The highest BCUT2D eigenvalue weighted by atomic mass is 79.9. The molecule has 1 aliphatic heterocycles. The number of hydrogen-bond acceptors (Lipinski definition) is 4. The Bertz CT molecular complexity index is 944. The number of ketones is 1. The maximum absolute atomic E-state index is 13.3. The van der Waals surface area contributed by atoms with Gasteiger partial charge in [-0.25, -0.2) is 0 Å². The second kappa shape index (κ2) is 7.70. The summed E-state index contributed by atoms with van der Waals surface area (Å²) in [6.07, 6.45) is 0. The van der Waals surface area contributed by atoms with E-state index in [9.17, 15) is 9.90 Å². The smallest absolute Gasteiger partial charge is 0.193 e. The zero-order chi connectivity index (χ0) is 19.7. The lowest BCUT2D eigenvalue weighted by molar-refractivity contribution is 0.102. The summed E-state index contributed by atoms with van der Waals surface area (Å²) in [5, 5.41) is 14.1. The maximum Gasteiger partial charge on any atom is 0.193 e. The Hall–Kier alpha value is -2.38. The maximum atomic E-state index is 13.3. The zero-order valence-corrected chi connectivity index (χ0v) is 17.5. The van der Waals surface area contributed by atoms with Crippen molar-refractivity contribution in [2.45, 2.75) is 13.0 Å². The highest BCUT2D eigenvalue weighted by molar-refractivity contribution is 9.10. The summed E-state index contributed by atoms with van der Waals surface area (Å²) in [5.41, 5.74) is 2.62. The minimum atomic E-state index is -0.507. The van der Waals surface area contributed by atoms with Gasteiger partial charge in [0.2, 0.25) is 0 Å². The molecule has 0 aliphatic carbocycles. The van der Waals surface area contributed by atoms with E-state index < -0.39 is 6.04 Å². The normalized spacial score (nSPS) is 17.0. The lowest BCUT2D eigenvalue weighted by Crippen LogP contribution is -2.45. The number of carbonyl (C=O) groups excluding carboxylic acids is 1. The summed E-state index contributed by atoms with van der Waals surface area (Å²) in [6.45, 7) is 1.87. The summed E-state index contributed by atoms with van der Waals surface area (Å²) < 4.78 is 5.61. The van der Waals surface area contributed by atoms with Crippen LogP contribution in [0.25, 0.3) is 0 Å². The van der Waals surface area contributed by atoms with Crippen molar-refractivity contribution in [3.63, 3.8) is 0 Å². The Balaban J connectivity index is 2.17. The number of benzene rings is 2. The van der Waals surface area contributed by atoms with Crippen LogP contribution in [0, 0.1) is 0 Å². The van der Waals surface area contributed by atoms with E-state index in [0.717, 1.165) is 5.70 Å². The third-order valence-electron chi connectivity index (χ3n) is 4.67. The van der Waals surface area contributed by atoms with E-state index in [1.54, 1.807) is 29.2 Å². The van der Waals surface area contributed by atoms with Gasteiger partial charge in [0.15, 0.2) is 22.4 Å². The molecular formula is C20H19BrN2O3S. The molecule has 0 radical (unpaired) electrons. The Morgan fingerprint density at radius 2 is 1.93 bits per heavy atom. The van der Waals surface area contributed by atoms with Crippen molar-refractivity contribution < 1.29 is 14.6 Å². The molecule has 0 aromatic heterocycles. The predicted molar refractivity (Wildman–Crippen MR) is 112 cm³/mol. The molecule has 2 aromatic rings. The Kier molecular flexibility index (Phi) is 5.53. The van der Waals surface area contributed by atoms with Crippen LogP contribution < -0.4 is 10.1 Å². The molecule has 1 unspecified atom stereocenters. The molecule has 5 nitrogen and oxygen atoms in total. The standard InChI is InChI=1S/C20H19BrN2O3S/c1-11-15(18(24)12-7-5-4-6-8-12)17(22-20(27)23(11)2)13-9-10-14(26-3)19(25)16(13)21/h4-10,17,25H,1-3H3,(H,22,27). The summed E-state index contributed by atoms with van der Waals surface area (Å²) in [4.78, 5) is 15.1. The van der Waals surface area contributed by atoms with Gasteiger partial charge in [0, 0.05) is 23.9 Å². The van der Waals surface area contributed by atoms with E-state index in [-0.39, 0.29) is 11.5 Å². The number of halogens is 1. The van der Waals surface area contributed by atoms with E-state index in [4.69, 9.17) is 17.0 Å². The number of aromatic hydroxyl groups is 1. The van der Waals surface area contributed by atoms with Gasteiger partial charge in [0.05, 0.1) is 17.6 Å². The Labute approximate surface area is 171 Å². The summed E-state index contributed by atoms with van der Waals surface area (Å²) in [7, 11) is 3.30. The van der Waals surface area contributed by atoms with Crippen LogP contribution in [0.5, 0.6) is 11.5 Å². The molecule has 3 rings (SSSR count). The van der Waals surface area contributed by atoms with Gasteiger partial charge in [-0.3, -0.25) is 4.79 Å². The second-order valence-corrected chi connectivity index (χ2v) is 7.34. The van der Waals surface area contributed by atoms with Crippen LogP contribution in [-0.4, -0.2) is 35.1 Å². The molecule has 0 saturated heterocycles. The molecule has 0 fully saturated rings. The van der Waals surface area contributed by atoms with Crippen molar-refractivity contribution in [3.8, 4) is 11.5 Å². The number of phenols is 1. The first-order valence-electron chi connectivity index (χ1n) is 8.27. The molecule has 7 heteroatoms. The van der Waals surface area contributed by atoms with Gasteiger partial charge in [-0.15, -0.1) is 0 Å². The SMILES string of the molecule is COc1ccc(C2NC(=S)N(C)C(C)=C2C(=O)c2ccccc2)c(Br)c1O. The van der Waals surface area contributed by atoms with Crippen molar-refractivity contribution in [1.82, 2.24) is 10.2 Å². The van der Waals surface area contributed by atoms with Crippen LogP contribution in [0.1, 0.15) is 28.9 Å². The van der Waals surface area contributed by atoms with Crippen molar-refractivity contribution in [1.29, 1.82) is 0 Å². The number of rotatable bonds is 4. The first kappa shape index (κ1) is 19.4. The van der Waals surface area contributed by atoms with Crippen LogP contribution >= 0.6 is 28.1 Å². The molecule has 140 valence electrons. The number of hydrogen-bond donors (Lipinski definition) is 2. The van der Waals surface area contributed by atoms with Crippen LogP contribution in [0.15, 0.2) is 58.2 Å². The Morgan fingerprint density at radius 1 is 1.26 bits per heavy atom. The number of allylic oxidation sites excluding steroid dienone is 1. The van der Waals surface area contributed by atoms with E-state index in [0.29, 0.717) is 32.0 Å². The minimum absolute atomic E-state index is 0.0224. The van der Waals surface area contributed by atoms with Gasteiger partial charge in [0.1, 0.15) is 0 Å². The quantitative estimate of drug-likeness (QED) is 0.542. The minimum Gasteiger partial charge on any atom is -0.503 e.